The van der Waals surface area contributed by atoms with Gasteiger partial charge in [0, 0.05) is 0 Å². The predicted molar refractivity (Wildman–Crippen MR) is 112 cm³/mol. The van der Waals surface area contributed by atoms with Crippen molar-refractivity contribution in [2.45, 2.75) is 0 Å². The number of rotatable bonds is 5. The molecule has 3 aromatic carbocycles. The molecule has 0 radical (unpaired) electrons. The van der Waals surface area contributed by atoms with Gasteiger partial charge in [-0.1, -0.05) is 42.5 Å². The molecule has 3 rings (SSSR count). The third kappa shape index (κ3) is 3.96. The average molecular weight is 576 g/mol. The summed E-state index contributed by atoms with van der Waals surface area (Å²) in [7, 11) is 3.46. The molecule has 25 heavy (non-hydrogen) atoms. The van der Waals surface area contributed by atoms with Crippen molar-refractivity contribution < 1.29 is 33.5 Å². The van der Waals surface area contributed by atoms with Crippen LogP contribution in [0.4, 0.5) is 0 Å². The highest BCUT2D eigenvalue weighted by Crippen LogP contribution is 2.66. The lowest BCUT2D eigenvalue weighted by molar-refractivity contribution is -0.00000509. The lowest BCUT2D eigenvalue weighted by Crippen LogP contribution is -3.00. The Balaban J connectivity index is 0.00000225. The summed E-state index contributed by atoms with van der Waals surface area (Å²) >= 11 is 2.62. The van der Waals surface area contributed by atoms with E-state index in [1.807, 2.05) is 24.3 Å². The van der Waals surface area contributed by atoms with E-state index in [-0.39, 0.29) is 24.0 Å². The monoisotopic (exact) mass is 576 g/mol. The van der Waals surface area contributed by atoms with Crippen LogP contribution in [-0.4, -0.2) is 14.2 Å². The normalized spacial score (nSPS) is 10.7. The highest BCUT2D eigenvalue weighted by Gasteiger charge is 2.47. The molecule has 130 valence electrons. The quantitative estimate of drug-likeness (QED) is 0.338. The smallest absolute Gasteiger partial charge is 0.180 e. The fourth-order valence-corrected chi connectivity index (χ4v) is 9.09. The van der Waals surface area contributed by atoms with Crippen LogP contribution >= 0.6 is 26.9 Å². The lowest BCUT2D eigenvalue weighted by atomic mass is 10.3. The van der Waals surface area contributed by atoms with Crippen LogP contribution in [0.5, 0.6) is 11.5 Å². The summed E-state index contributed by atoms with van der Waals surface area (Å²) in [6, 6.07) is 27.2. The summed E-state index contributed by atoms with van der Waals surface area (Å²) in [5.41, 5.74) is 0. The summed E-state index contributed by atoms with van der Waals surface area (Å²) in [5.74, 6) is 1.82. The van der Waals surface area contributed by atoms with Gasteiger partial charge in [-0.15, -0.1) is 0 Å². The lowest BCUT2D eigenvalue weighted by Gasteiger charge is -2.23. The average Bonchev–Trinajstić information content (AvgIpc) is 2.68. The third-order valence-electron chi connectivity index (χ3n) is 3.95. The number of halogens is 2. The number of ether oxygens (including phenoxy) is 2. The van der Waals surface area contributed by atoms with Crippen molar-refractivity contribution in [1.29, 1.82) is 0 Å². The van der Waals surface area contributed by atoms with E-state index < -0.39 is 4.90 Å². The molecule has 0 N–H and O–H groups in total. The second-order valence-corrected chi connectivity index (χ2v) is 12.3. The highest BCUT2D eigenvalue weighted by molar-refractivity contribution is 14.2. The topological polar surface area (TPSA) is 18.5 Å². The number of benzene rings is 3. The molecule has 0 saturated carbocycles. The van der Waals surface area contributed by atoms with Crippen LogP contribution in [0.3, 0.4) is 0 Å². The van der Waals surface area contributed by atoms with Crippen LogP contribution in [0, 0.1) is 0 Å². The van der Waals surface area contributed by atoms with Crippen LogP contribution < -0.4 is 49.4 Å². The van der Waals surface area contributed by atoms with Crippen LogP contribution in [-0.2, 0) is 0 Å². The Morgan fingerprint density at radius 1 is 0.640 bits per heavy atom. The van der Waals surface area contributed by atoms with Crippen molar-refractivity contribution in [2.75, 3.05) is 14.2 Å². The van der Waals surface area contributed by atoms with Gasteiger partial charge in [0.05, 0.1) is 14.2 Å². The van der Waals surface area contributed by atoms with Gasteiger partial charge < -0.3 is 33.5 Å². The SMILES string of the molecule is COc1ccccc1[P+](I)(c1ccccc1)c1ccccc1OC.[I-]. The summed E-state index contributed by atoms with van der Waals surface area (Å²) in [5, 5.41) is 3.72. The maximum atomic E-state index is 5.69. The van der Waals surface area contributed by atoms with Gasteiger partial charge >= 0.3 is 0 Å². The van der Waals surface area contributed by atoms with Crippen LogP contribution in [0.1, 0.15) is 0 Å². The molecule has 2 nitrogen and oxygen atoms in total. The molecule has 0 saturated heterocycles. The molecule has 3 aromatic rings. The van der Waals surface area contributed by atoms with Gasteiger partial charge in [-0.2, -0.15) is 0 Å². The zero-order chi connectivity index (χ0) is 17.0. The summed E-state index contributed by atoms with van der Waals surface area (Å²) in [6.07, 6.45) is 0. The van der Waals surface area contributed by atoms with Crippen LogP contribution in [0.2, 0.25) is 0 Å². The fraction of sp³-hybridized carbons (Fsp3) is 0.100. The Bertz CT molecular complexity index is 777. The first-order chi connectivity index (χ1) is 11.7. The molecule has 0 heterocycles. The largest absolute Gasteiger partial charge is 1.00 e. The van der Waals surface area contributed by atoms with Gasteiger partial charge in [0.25, 0.3) is 0 Å². The number of para-hydroxylation sites is 2. The zero-order valence-electron chi connectivity index (χ0n) is 14.0. The Morgan fingerprint density at radius 2 is 1.04 bits per heavy atom. The number of methoxy groups -OCH3 is 2. The minimum atomic E-state index is -1.91. The Kier molecular flexibility index (Phi) is 7.52. The van der Waals surface area contributed by atoms with Gasteiger partial charge in [0.15, 0.2) is 49.1 Å². The summed E-state index contributed by atoms with van der Waals surface area (Å²) in [6.45, 7) is 0. The summed E-state index contributed by atoms with van der Waals surface area (Å²) < 4.78 is 11.4. The molecule has 0 bridgehead atoms. The maximum absolute atomic E-state index is 5.69. The van der Waals surface area contributed by atoms with Crippen molar-refractivity contribution in [2.24, 2.45) is 0 Å². The minimum Gasteiger partial charge on any atom is -1.00 e. The molecule has 5 heteroatoms. The molecule has 0 aromatic heterocycles. The Labute approximate surface area is 179 Å². The number of hydrogen-bond donors (Lipinski definition) is 0. The Morgan fingerprint density at radius 3 is 1.48 bits per heavy atom. The van der Waals surface area contributed by atoms with Crippen LogP contribution in [0.25, 0.3) is 0 Å². The van der Waals surface area contributed by atoms with Crippen molar-refractivity contribution in [3.63, 3.8) is 0 Å². The fourth-order valence-electron chi connectivity index (χ4n) is 2.81. The van der Waals surface area contributed by atoms with E-state index in [9.17, 15) is 0 Å². The van der Waals surface area contributed by atoms with E-state index in [2.05, 4.69) is 76.6 Å². The molecular weight excluding hydrogens is 557 g/mol. The van der Waals surface area contributed by atoms with E-state index >= 15 is 0 Å². The zero-order valence-corrected chi connectivity index (χ0v) is 19.2. The molecule has 0 amide bonds. The molecule has 0 aliphatic rings. The molecule has 0 unspecified atom stereocenters. The molecule has 0 aliphatic carbocycles. The van der Waals surface area contributed by atoms with Crippen molar-refractivity contribution in [3.8, 4) is 11.5 Å². The molecular formula is C20H19I2O2P. The van der Waals surface area contributed by atoms with E-state index in [0.717, 1.165) is 11.5 Å². The minimum absolute atomic E-state index is 0. The second-order valence-electron chi connectivity index (χ2n) is 5.27. The van der Waals surface area contributed by atoms with Gasteiger partial charge in [0.2, 0.25) is 0 Å². The molecule has 0 atom stereocenters. The predicted octanol–water partition coefficient (Wildman–Crippen LogP) is 1.35. The highest BCUT2D eigenvalue weighted by atomic mass is 127. The van der Waals surface area contributed by atoms with Crippen molar-refractivity contribution in [1.82, 2.24) is 0 Å². The van der Waals surface area contributed by atoms with E-state index in [4.69, 9.17) is 9.47 Å². The first-order valence-corrected chi connectivity index (χ1v) is 12.2. The van der Waals surface area contributed by atoms with Gasteiger partial charge in [-0.05, 0) is 36.4 Å². The van der Waals surface area contributed by atoms with E-state index in [1.54, 1.807) is 14.2 Å². The molecule has 0 aliphatic heterocycles. The van der Waals surface area contributed by atoms with Gasteiger partial charge in [0.1, 0.15) is 5.30 Å². The third-order valence-corrected chi connectivity index (χ3v) is 11.8. The standard InChI is InChI=1S/C20H19IO2P.HI/c1-22-17-12-6-8-14-19(17)24(21,16-10-4-3-5-11-16)20-15-9-7-13-18(20)23-2;/h3-15H,1-2H3;1H/q+1;/p-1. The number of hydrogen-bond acceptors (Lipinski definition) is 2. The molecule has 0 spiro atoms. The second kappa shape index (κ2) is 9.19. The van der Waals surface area contributed by atoms with Crippen LogP contribution in [0.15, 0.2) is 78.9 Å². The van der Waals surface area contributed by atoms with Crippen molar-refractivity contribution in [3.05, 3.63) is 78.9 Å². The van der Waals surface area contributed by atoms with Crippen molar-refractivity contribution >= 4 is 42.9 Å². The maximum Gasteiger partial charge on any atom is 0.180 e. The summed E-state index contributed by atoms with van der Waals surface area (Å²) in [4.78, 5) is -1.91. The van der Waals surface area contributed by atoms with E-state index in [0.29, 0.717) is 0 Å². The first-order valence-electron chi connectivity index (χ1n) is 7.63. The van der Waals surface area contributed by atoms with Gasteiger partial charge in [-0.3, -0.25) is 0 Å². The van der Waals surface area contributed by atoms with E-state index in [1.165, 1.54) is 15.9 Å². The molecule has 0 fully saturated rings. The Hall–Kier alpha value is -0.850. The van der Waals surface area contributed by atoms with Gasteiger partial charge in [-0.25, -0.2) is 0 Å². The first kappa shape index (κ1) is 20.5.